The van der Waals surface area contributed by atoms with Crippen LogP contribution >= 0.6 is 11.6 Å². The third-order valence-electron chi connectivity index (χ3n) is 4.46. The number of hydrogen-bond donors (Lipinski definition) is 1. The van der Waals surface area contributed by atoms with Crippen LogP contribution in [0.2, 0.25) is 5.02 Å². The van der Waals surface area contributed by atoms with Crippen LogP contribution in [0.25, 0.3) is 0 Å². The highest BCUT2D eigenvalue weighted by atomic mass is 35.5. The minimum Gasteiger partial charge on any atom is -0.396 e. The molecule has 120 valence electrons. The van der Waals surface area contributed by atoms with Crippen molar-refractivity contribution in [1.29, 1.82) is 0 Å². The average molecular weight is 325 g/mol. The van der Waals surface area contributed by atoms with Crippen molar-refractivity contribution in [2.24, 2.45) is 5.41 Å². The Morgan fingerprint density at radius 1 is 1.18 bits per heavy atom. The van der Waals surface area contributed by atoms with Crippen LogP contribution in [0.3, 0.4) is 0 Å². The predicted molar refractivity (Wildman–Crippen MR) is 84.1 cm³/mol. The quantitative estimate of drug-likeness (QED) is 0.901. The molecule has 1 amide bonds. The maximum absolute atomic E-state index is 12.4. The summed E-state index contributed by atoms with van der Waals surface area (Å²) in [6, 6.07) is 7.02. The molecule has 2 saturated heterocycles. The van der Waals surface area contributed by atoms with Crippen molar-refractivity contribution in [2.45, 2.75) is 0 Å². The van der Waals surface area contributed by atoms with Gasteiger partial charge in [-0.15, -0.1) is 0 Å². The Kier molecular flexibility index (Phi) is 4.68. The first-order chi connectivity index (χ1) is 10.6. The summed E-state index contributed by atoms with van der Waals surface area (Å²) in [6.45, 7) is 5.36. The molecule has 0 saturated carbocycles. The van der Waals surface area contributed by atoms with Crippen LogP contribution in [0, 0.1) is 5.41 Å². The van der Waals surface area contributed by atoms with Gasteiger partial charge in [-0.1, -0.05) is 11.6 Å². The van der Waals surface area contributed by atoms with E-state index >= 15 is 0 Å². The summed E-state index contributed by atoms with van der Waals surface area (Å²) in [6.07, 6.45) is 0. The molecule has 0 aliphatic carbocycles. The van der Waals surface area contributed by atoms with Crippen LogP contribution in [0.1, 0.15) is 10.4 Å². The van der Waals surface area contributed by atoms with Gasteiger partial charge < -0.3 is 14.7 Å². The molecule has 0 bridgehead atoms. The second-order valence-electron chi connectivity index (χ2n) is 6.23. The minimum absolute atomic E-state index is 0.0557. The average Bonchev–Trinajstić information content (AvgIpc) is 2.52. The molecule has 2 aliphatic rings. The molecule has 2 heterocycles. The van der Waals surface area contributed by atoms with E-state index in [2.05, 4.69) is 4.90 Å². The fourth-order valence-corrected chi connectivity index (χ4v) is 3.11. The lowest BCUT2D eigenvalue weighted by Crippen LogP contribution is -2.57. The maximum atomic E-state index is 12.4. The zero-order valence-corrected chi connectivity index (χ0v) is 13.3. The molecular formula is C16H21ClN2O3. The van der Waals surface area contributed by atoms with Crippen LogP contribution < -0.4 is 0 Å². The molecule has 2 fully saturated rings. The molecule has 0 atom stereocenters. The third-order valence-corrected chi connectivity index (χ3v) is 4.71. The number of ether oxygens (including phenoxy) is 1. The lowest BCUT2D eigenvalue weighted by Gasteiger charge is -2.45. The van der Waals surface area contributed by atoms with Gasteiger partial charge in [0.05, 0.1) is 25.2 Å². The second-order valence-corrected chi connectivity index (χ2v) is 6.66. The van der Waals surface area contributed by atoms with Crippen LogP contribution in [0.5, 0.6) is 0 Å². The summed E-state index contributed by atoms with van der Waals surface area (Å²) >= 11 is 5.85. The van der Waals surface area contributed by atoms with Gasteiger partial charge in [-0.25, -0.2) is 0 Å². The topological polar surface area (TPSA) is 53.0 Å². The van der Waals surface area contributed by atoms with Gasteiger partial charge in [0.15, 0.2) is 0 Å². The first-order valence-electron chi connectivity index (χ1n) is 7.58. The highest BCUT2D eigenvalue weighted by Gasteiger charge is 2.40. The van der Waals surface area contributed by atoms with E-state index in [9.17, 15) is 9.90 Å². The first-order valence-corrected chi connectivity index (χ1v) is 7.95. The number of rotatable bonds is 4. The van der Waals surface area contributed by atoms with Crippen LogP contribution in [-0.2, 0) is 4.74 Å². The summed E-state index contributed by atoms with van der Waals surface area (Å²) in [7, 11) is 0. The van der Waals surface area contributed by atoms with Gasteiger partial charge in [0.1, 0.15) is 0 Å². The van der Waals surface area contributed by atoms with E-state index in [1.807, 2.05) is 4.90 Å². The summed E-state index contributed by atoms with van der Waals surface area (Å²) in [5.74, 6) is 0.0557. The van der Waals surface area contributed by atoms with E-state index in [4.69, 9.17) is 16.3 Å². The Morgan fingerprint density at radius 3 is 2.32 bits per heavy atom. The van der Waals surface area contributed by atoms with E-state index in [1.165, 1.54) is 0 Å². The number of nitrogens with zero attached hydrogens (tertiary/aromatic N) is 2. The van der Waals surface area contributed by atoms with Crippen molar-refractivity contribution in [2.75, 3.05) is 52.5 Å². The van der Waals surface area contributed by atoms with Crippen molar-refractivity contribution < 1.29 is 14.6 Å². The van der Waals surface area contributed by atoms with Crippen molar-refractivity contribution in [3.05, 3.63) is 34.9 Å². The lowest BCUT2D eigenvalue weighted by atomic mass is 9.86. The number of piperazine rings is 1. The number of aliphatic hydroxyl groups is 1. The highest BCUT2D eigenvalue weighted by Crippen LogP contribution is 2.28. The number of aliphatic hydroxyl groups excluding tert-OH is 1. The van der Waals surface area contributed by atoms with E-state index in [-0.39, 0.29) is 17.9 Å². The monoisotopic (exact) mass is 324 g/mol. The molecule has 0 aromatic heterocycles. The smallest absolute Gasteiger partial charge is 0.253 e. The van der Waals surface area contributed by atoms with Crippen LogP contribution in [0.15, 0.2) is 24.3 Å². The summed E-state index contributed by atoms with van der Waals surface area (Å²) in [4.78, 5) is 16.6. The van der Waals surface area contributed by atoms with Crippen molar-refractivity contribution >= 4 is 17.5 Å². The first kappa shape index (κ1) is 15.7. The van der Waals surface area contributed by atoms with Gasteiger partial charge >= 0.3 is 0 Å². The Balaban J connectivity index is 1.53. The SMILES string of the molecule is O=C(c1ccc(Cl)cc1)N1CCN(CC2(CO)COC2)CC1. The molecule has 1 aromatic rings. The molecule has 1 aromatic carbocycles. The van der Waals surface area contributed by atoms with E-state index < -0.39 is 0 Å². The fourth-order valence-electron chi connectivity index (χ4n) is 2.98. The van der Waals surface area contributed by atoms with Gasteiger partial charge in [-0.2, -0.15) is 0 Å². The molecule has 0 unspecified atom stereocenters. The van der Waals surface area contributed by atoms with Gasteiger partial charge in [0, 0.05) is 43.3 Å². The lowest BCUT2D eigenvalue weighted by molar-refractivity contribution is -0.150. The van der Waals surface area contributed by atoms with Crippen LogP contribution in [-0.4, -0.2) is 73.4 Å². The Hall–Kier alpha value is -1.14. The number of hydrogen-bond acceptors (Lipinski definition) is 4. The molecule has 2 aliphatic heterocycles. The van der Waals surface area contributed by atoms with Gasteiger partial charge in [0.2, 0.25) is 0 Å². The molecule has 5 nitrogen and oxygen atoms in total. The maximum Gasteiger partial charge on any atom is 0.253 e. The van der Waals surface area contributed by atoms with Crippen molar-refractivity contribution in [3.63, 3.8) is 0 Å². The number of amides is 1. The Morgan fingerprint density at radius 2 is 1.82 bits per heavy atom. The Bertz CT molecular complexity index is 517. The zero-order valence-electron chi connectivity index (χ0n) is 12.5. The van der Waals surface area contributed by atoms with E-state index in [0.29, 0.717) is 36.9 Å². The molecule has 0 radical (unpaired) electrons. The molecule has 6 heteroatoms. The molecule has 22 heavy (non-hydrogen) atoms. The van der Waals surface area contributed by atoms with E-state index in [0.717, 1.165) is 19.6 Å². The van der Waals surface area contributed by atoms with Crippen LogP contribution in [0.4, 0.5) is 0 Å². The summed E-state index contributed by atoms with van der Waals surface area (Å²) < 4.78 is 5.24. The molecule has 0 spiro atoms. The normalized spacial score (nSPS) is 21.5. The van der Waals surface area contributed by atoms with Crippen molar-refractivity contribution in [1.82, 2.24) is 9.80 Å². The third kappa shape index (κ3) is 3.27. The number of halogens is 1. The van der Waals surface area contributed by atoms with E-state index in [1.54, 1.807) is 24.3 Å². The van der Waals surface area contributed by atoms with Gasteiger partial charge in [-0.3, -0.25) is 9.69 Å². The number of carbonyl (C=O) groups excluding carboxylic acids is 1. The number of carbonyl (C=O) groups is 1. The fraction of sp³-hybridized carbons (Fsp3) is 0.562. The molecule has 1 N–H and O–H groups in total. The highest BCUT2D eigenvalue weighted by molar-refractivity contribution is 6.30. The second kappa shape index (κ2) is 6.54. The zero-order chi connectivity index (χ0) is 15.6. The largest absolute Gasteiger partial charge is 0.396 e. The Labute approximate surface area is 135 Å². The summed E-state index contributed by atoms with van der Waals surface area (Å²) in [5.41, 5.74) is 0.583. The molecular weight excluding hydrogens is 304 g/mol. The van der Waals surface area contributed by atoms with Gasteiger partial charge in [0.25, 0.3) is 5.91 Å². The predicted octanol–water partition coefficient (Wildman–Crippen LogP) is 1.11. The van der Waals surface area contributed by atoms with Gasteiger partial charge in [-0.05, 0) is 24.3 Å². The number of benzene rings is 1. The van der Waals surface area contributed by atoms with Crippen molar-refractivity contribution in [3.8, 4) is 0 Å². The standard InChI is InChI=1S/C16H21ClN2O3/c17-14-3-1-13(2-4-14)15(21)19-7-5-18(6-8-19)9-16(10-20)11-22-12-16/h1-4,20H,5-12H2. The molecule has 3 rings (SSSR count). The summed E-state index contributed by atoms with van der Waals surface area (Å²) in [5, 5.41) is 10.1. The minimum atomic E-state index is -0.0949.